The van der Waals surface area contributed by atoms with Crippen molar-refractivity contribution < 1.29 is 14.3 Å². The summed E-state index contributed by atoms with van der Waals surface area (Å²) in [7, 11) is 3.27. The van der Waals surface area contributed by atoms with Crippen molar-refractivity contribution in [2.45, 2.75) is 50.6 Å². The Morgan fingerprint density at radius 3 is 2.62 bits per heavy atom. The van der Waals surface area contributed by atoms with Gasteiger partial charge in [-0.15, -0.1) is 0 Å². The van der Waals surface area contributed by atoms with Gasteiger partial charge in [0.1, 0.15) is 0 Å². The Morgan fingerprint density at radius 2 is 1.96 bits per heavy atom. The minimum atomic E-state index is 0.134. The summed E-state index contributed by atoms with van der Waals surface area (Å²) in [5.41, 5.74) is 7.26. The SMILES string of the molecule is COc1ccc(C2CCCN2C(=O)C[C@@H]2CCC[C@H]2N)cc1OC. The smallest absolute Gasteiger partial charge is 0.223 e. The summed E-state index contributed by atoms with van der Waals surface area (Å²) in [6.07, 6.45) is 5.92. The summed E-state index contributed by atoms with van der Waals surface area (Å²) < 4.78 is 10.7. The molecule has 24 heavy (non-hydrogen) atoms. The number of nitrogens with two attached hydrogens (primary N) is 1. The van der Waals surface area contributed by atoms with Crippen LogP contribution in [0.3, 0.4) is 0 Å². The van der Waals surface area contributed by atoms with Crippen molar-refractivity contribution in [3.63, 3.8) is 0 Å². The van der Waals surface area contributed by atoms with Crippen LogP contribution in [0, 0.1) is 5.92 Å². The van der Waals surface area contributed by atoms with Gasteiger partial charge >= 0.3 is 0 Å². The molecule has 1 aromatic rings. The fraction of sp³-hybridized carbons (Fsp3) is 0.632. The number of benzene rings is 1. The Balaban J connectivity index is 1.74. The lowest BCUT2D eigenvalue weighted by molar-refractivity contribution is -0.133. The van der Waals surface area contributed by atoms with Gasteiger partial charge in [-0.25, -0.2) is 0 Å². The van der Waals surface area contributed by atoms with Gasteiger partial charge in [-0.1, -0.05) is 12.5 Å². The number of ether oxygens (including phenoxy) is 2. The van der Waals surface area contributed by atoms with Crippen molar-refractivity contribution in [1.29, 1.82) is 0 Å². The first kappa shape index (κ1) is 17.1. The van der Waals surface area contributed by atoms with Gasteiger partial charge < -0.3 is 20.1 Å². The zero-order chi connectivity index (χ0) is 17.1. The summed E-state index contributed by atoms with van der Waals surface area (Å²) in [5, 5.41) is 0. The molecule has 1 amide bonds. The second kappa shape index (κ2) is 7.43. The maximum Gasteiger partial charge on any atom is 0.223 e. The molecule has 0 spiro atoms. The van der Waals surface area contributed by atoms with Crippen LogP contribution in [0.15, 0.2) is 18.2 Å². The molecular weight excluding hydrogens is 304 g/mol. The van der Waals surface area contributed by atoms with Gasteiger partial charge in [0.25, 0.3) is 0 Å². The maximum absolute atomic E-state index is 12.8. The van der Waals surface area contributed by atoms with Crippen molar-refractivity contribution in [3.05, 3.63) is 23.8 Å². The zero-order valence-corrected chi connectivity index (χ0v) is 14.7. The number of carbonyl (C=O) groups is 1. The normalized spacial score (nSPS) is 26.6. The highest BCUT2D eigenvalue weighted by atomic mass is 16.5. The van der Waals surface area contributed by atoms with Crippen LogP contribution in [-0.2, 0) is 4.79 Å². The largest absolute Gasteiger partial charge is 0.493 e. The summed E-state index contributed by atoms with van der Waals surface area (Å²) in [6, 6.07) is 6.28. The van der Waals surface area contributed by atoms with E-state index in [1.807, 2.05) is 23.1 Å². The molecule has 1 saturated carbocycles. The molecule has 1 heterocycles. The summed E-state index contributed by atoms with van der Waals surface area (Å²) >= 11 is 0. The zero-order valence-electron chi connectivity index (χ0n) is 14.7. The Hall–Kier alpha value is -1.75. The number of carbonyl (C=O) groups excluding carboxylic acids is 1. The van der Waals surface area contributed by atoms with E-state index in [1.165, 1.54) is 0 Å². The lowest BCUT2D eigenvalue weighted by atomic mass is 9.98. The first-order chi connectivity index (χ1) is 11.6. The third kappa shape index (κ3) is 3.36. The van der Waals surface area contributed by atoms with Crippen LogP contribution in [0.1, 0.15) is 50.1 Å². The molecule has 1 aromatic carbocycles. The van der Waals surface area contributed by atoms with Crippen LogP contribution in [-0.4, -0.2) is 37.6 Å². The Labute approximate surface area is 144 Å². The average molecular weight is 332 g/mol. The van der Waals surface area contributed by atoms with Gasteiger partial charge in [0.05, 0.1) is 20.3 Å². The van der Waals surface area contributed by atoms with Gasteiger partial charge in [-0.3, -0.25) is 4.79 Å². The number of rotatable bonds is 5. The van der Waals surface area contributed by atoms with Gasteiger partial charge in [0, 0.05) is 19.0 Å². The first-order valence-electron chi connectivity index (χ1n) is 8.91. The van der Waals surface area contributed by atoms with E-state index in [9.17, 15) is 4.79 Å². The molecule has 1 saturated heterocycles. The molecule has 3 rings (SSSR count). The van der Waals surface area contributed by atoms with Crippen molar-refractivity contribution in [2.75, 3.05) is 20.8 Å². The third-order valence-corrected chi connectivity index (χ3v) is 5.52. The molecule has 5 heteroatoms. The second-order valence-corrected chi connectivity index (χ2v) is 6.92. The molecule has 1 aliphatic heterocycles. The molecule has 1 aliphatic carbocycles. The van der Waals surface area contributed by atoms with E-state index in [1.54, 1.807) is 14.2 Å². The Bertz CT molecular complexity index is 590. The van der Waals surface area contributed by atoms with Crippen molar-refractivity contribution in [1.82, 2.24) is 4.90 Å². The van der Waals surface area contributed by atoms with E-state index >= 15 is 0 Å². The van der Waals surface area contributed by atoms with Gasteiger partial charge in [0.15, 0.2) is 11.5 Å². The monoisotopic (exact) mass is 332 g/mol. The molecule has 2 N–H and O–H groups in total. The van der Waals surface area contributed by atoms with Crippen LogP contribution < -0.4 is 15.2 Å². The second-order valence-electron chi connectivity index (χ2n) is 6.92. The molecule has 0 aromatic heterocycles. The van der Waals surface area contributed by atoms with E-state index in [2.05, 4.69) is 0 Å². The number of hydrogen-bond donors (Lipinski definition) is 1. The number of amides is 1. The maximum atomic E-state index is 12.8. The molecule has 5 nitrogen and oxygen atoms in total. The molecule has 3 atom stereocenters. The predicted octanol–water partition coefficient (Wildman–Crippen LogP) is 2.88. The molecule has 1 unspecified atom stereocenters. The molecule has 2 fully saturated rings. The van der Waals surface area contributed by atoms with Crippen molar-refractivity contribution in [2.24, 2.45) is 11.7 Å². The standard InChI is InChI=1S/C19H28N2O3/c1-23-17-9-8-14(11-18(17)24-2)16-7-4-10-21(16)19(22)12-13-5-3-6-15(13)20/h8-9,11,13,15-16H,3-7,10,12,20H2,1-2H3/t13-,15+,16?/m0/s1. The number of likely N-dealkylation sites (tertiary alicyclic amines) is 1. The Kier molecular flexibility index (Phi) is 5.29. The van der Waals surface area contributed by atoms with Crippen molar-refractivity contribution in [3.8, 4) is 11.5 Å². The van der Waals surface area contributed by atoms with E-state index in [0.29, 0.717) is 23.8 Å². The van der Waals surface area contributed by atoms with Gasteiger partial charge in [-0.2, -0.15) is 0 Å². The number of hydrogen-bond acceptors (Lipinski definition) is 4. The summed E-state index contributed by atoms with van der Waals surface area (Å²) in [4.78, 5) is 14.9. The minimum Gasteiger partial charge on any atom is -0.493 e. The first-order valence-corrected chi connectivity index (χ1v) is 8.91. The highest BCUT2D eigenvalue weighted by Crippen LogP contribution is 2.38. The highest BCUT2D eigenvalue weighted by molar-refractivity contribution is 5.77. The number of nitrogens with zero attached hydrogens (tertiary/aromatic N) is 1. The molecular formula is C19H28N2O3. The molecule has 2 aliphatic rings. The minimum absolute atomic E-state index is 0.134. The van der Waals surface area contributed by atoms with Crippen LogP contribution in [0.4, 0.5) is 0 Å². The Morgan fingerprint density at radius 1 is 1.17 bits per heavy atom. The van der Waals surface area contributed by atoms with Gasteiger partial charge in [-0.05, 0) is 49.3 Å². The van der Waals surface area contributed by atoms with E-state index in [-0.39, 0.29) is 18.0 Å². The van der Waals surface area contributed by atoms with Crippen LogP contribution in [0.5, 0.6) is 11.5 Å². The van der Waals surface area contributed by atoms with Crippen LogP contribution in [0.2, 0.25) is 0 Å². The highest BCUT2D eigenvalue weighted by Gasteiger charge is 2.33. The van der Waals surface area contributed by atoms with Crippen molar-refractivity contribution >= 4 is 5.91 Å². The predicted molar refractivity (Wildman–Crippen MR) is 93.2 cm³/mol. The van der Waals surface area contributed by atoms with Crippen LogP contribution in [0.25, 0.3) is 0 Å². The lowest BCUT2D eigenvalue weighted by Crippen LogP contribution is -2.35. The fourth-order valence-electron chi connectivity index (χ4n) is 4.13. The quantitative estimate of drug-likeness (QED) is 0.900. The van der Waals surface area contributed by atoms with E-state index in [4.69, 9.17) is 15.2 Å². The van der Waals surface area contributed by atoms with E-state index in [0.717, 1.165) is 44.2 Å². The topological polar surface area (TPSA) is 64.8 Å². The lowest BCUT2D eigenvalue weighted by Gasteiger charge is -2.27. The third-order valence-electron chi connectivity index (χ3n) is 5.52. The number of methoxy groups -OCH3 is 2. The van der Waals surface area contributed by atoms with Gasteiger partial charge in [0.2, 0.25) is 5.91 Å². The van der Waals surface area contributed by atoms with Crippen LogP contribution >= 0.6 is 0 Å². The molecule has 0 bridgehead atoms. The summed E-state index contributed by atoms with van der Waals surface area (Å²) in [5.74, 6) is 2.03. The fourth-order valence-corrected chi connectivity index (χ4v) is 4.13. The summed E-state index contributed by atoms with van der Waals surface area (Å²) in [6.45, 7) is 0.833. The average Bonchev–Trinajstić information content (AvgIpc) is 3.23. The van der Waals surface area contributed by atoms with E-state index < -0.39 is 0 Å². The molecule has 132 valence electrons. The molecule has 0 radical (unpaired) electrons.